The molecule has 1 heterocycles. The molecule has 7 heteroatoms. The van der Waals surface area contributed by atoms with E-state index in [9.17, 15) is 8.42 Å². The van der Waals surface area contributed by atoms with E-state index in [1.165, 1.54) is 12.5 Å². The molecule has 0 unspecified atom stereocenters. The van der Waals surface area contributed by atoms with Crippen LogP contribution in [0.4, 0.5) is 0 Å². The van der Waals surface area contributed by atoms with Crippen molar-refractivity contribution >= 4 is 26.0 Å². The first-order chi connectivity index (χ1) is 7.60. The molecule has 0 atom stereocenters. The lowest BCUT2D eigenvalue weighted by Gasteiger charge is -2.02. The van der Waals surface area contributed by atoms with Crippen molar-refractivity contribution in [3.63, 3.8) is 0 Å². The molecule has 92 valence electrons. The average Bonchev–Trinajstić information content (AvgIpc) is 2.73. The van der Waals surface area contributed by atoms with Gasteiger partial charge in [0.1, 0.15) is 0 Å². The first-order valence-electron chi connectivity index (χ1n) is 5.17. The second kappa shape index (κ2) is 6.36. The molecule has 5 nitrogen and oxygen atoms in total. The molecular formula is C9H16BrN3O2S. The summed E-state index contributed by atoms with van der Waals surface area (Å²) in [6, 6.07) is 0. The Hall–Kier alpha value is -0.400. The van der Waals surface area contributed by atoms with Crippen molar-refractivity contribution in [1.82, 2.24) is 14.3 Å². The number of halogens is 1. The van der Waals surface area contributed by atoms with E-state index in [0.717, 1.165) is 18.2 Å². The molecule has 16 heavy (non-hydrogen) atoms. The topological polar surface area (TPSA) is 64.0 Å². The monoisotopic (exact) mass is 309 g/mol. The fraction of sp³-hybridized carbons (Fsp3) is 0.667. The highest BCUT2D eigenvalue weighted by Gasteiger charge is 2.15. The zero-order valence-electron chi connectivity index (χ0n) is 9.19. The molecule has 0 amide bonds. The minimum atomic E-state index is -3.43. The maximum Gasteiger partial charge on any atom is 0.259 e. The van der Waals surface area contributed by atoms with Gasteiger partial charge < -0.3 is 4.57 Å². The lowest BCUT2D eigenvalue weighted by molar-refractivity contribution is 0.575. The zero-order valence-corrected chi connectivity index (χ0v) is 11.6. The fourth-order valence-corrected chi connectivity index (χ4v) is 2.57. The lowest BCUT2D eigenvalue weighted by atomic mass is 10.3. The quantitative estimate of drug-likeness (QED) is 0.611. The zero-order chi connectivity index (χ0) is 12.0. The van der Waals surface area contributed by atoms with Gasteiger partial charge in [0.05, 0.1) is 6.33 Å². The van der Waals surface area contributed by atoms with Crippen molar-refractivity contribution < 1.29 is 8.42 Å². The van der Waals surface area contributed by atoms with E-state index in [1.54, 1.807) is 4.57 Å². The van der Waals surface area contributed by atoms with Crippen LogP contribution in [-0.4, -0.2) is 29.8 Å². The predicted octanol–water partition coefficient (Wildman–Crippen LogP) is 1.36. The van der Waals surface area contributed by atoms with Crippen molar-refractivity contribution in [2.75, 3.05) is 11.9 Å². The van der Waals surface area contributed by atoms with Gasteiger partial charge >= 0.3 is 0 Å². The Kier molecular flexibility index (Phi) is 5.43. The van der Waals surface area contributed by atoms with Crippen LogP contribution in [-0.2, 0) is 16.6 Å². The maximum atomic E-state index is 11.7. The van der Waals surface area contributed by atoms with E-state index in [4.69, 9.17) is 0 Å². The molecule has 0 aliphatic carbocycles. The molecular weight excluding hydrogens is 294 g/mol. The van der Waals surface area contributed by atoms with Crippen LogP contribution in [0.25, 0.3) is 0 Å². The average molecular weight is 310 g/mol. The van der Waals surface area contributed by atoms with E-state index in [0.29, 0.717) is 13.1 Å². The fourth-order valence-electron chi connectivity index (χ4n) is 1.15. The standard InChI is InChI=1S/C9H16BrN3O2S/c1-2-13-7-9(11-8-13)16(14,15)12-6-4-3-5-10/h7-8,12H,2-6H2,1H3. The highest BCUT2D eigenvalue weighted by Crippen LogP contribution is 2.05. The van der Waals surface area contributed by atoms with E-state index in [2.05, 4.69) is 25.6 Å². The van der Waals surface area contributed by atoms with Gasteiger partial charge in [-0.25, -0.2) is 18.1 Å². The van der Waals surface area contributed by atoms with E-state index >= 15 is 0 Å². The highest BCUT2D eigenvalue weighted by molar-refractivity contribution is 9.09. The van der Waals surface area contributed by atoms with Gasteiger partial charge in [-0.1, -0.05) is 15.9 Å². The third-order valence-electron chi connectivity index (χ3n) is 2.10. The molecule has 0 saturated heterocycles. The third kappa shape index (κ3) is 3.88. The molecule has 1 aromatic heterocycles. The first-order valence-corrected chi connectivity index (χ1v) is 7.78. The summed E-state index contributed by atoms with van der Waals surface area (Å²) in [5.74, 6) is 0. The van der Waals surface area contributed by atoms with Gasteiger partial charge in [-0.3, -0.25) is 0 Å². The Morgan fingerprint density at radius 1 is 1.50 bits per heavy atom. The summed E-state index contributed by atoms with van der Waals surface area (Å²) in [6.07, 6.45) is 4.82. The van der Waals surface area contributed by atoms with Crippen LogP contribution in [0.1, 0.15) is 19.8 Å². The van der Waals surface area contributed by atoms with Crippen molar-refractivity contribution in [2.24, 2.45) is 0 Å². The number of rotatable bonds is 7. The van der Waals surface area contributed by atoms with Gasteiger partial charge in [-0.15, -0.1) is 0 Å². The molecule has 1 N–H and O–H groups in total. The summed E-state index contributed by atoms with van der Waals surface area (Å²) in [5.41, 5.74) is 0. The SMILES string of the molecule is CCn1cnc(S(=O)(=O)NCCCCBr)c1. The molecule has 0 aliphatic heterocycles. The van der Waals surface area contributed by atoms with Gasteiger partial charge in [0, 0.05) is 24.6 Å². The lowest BCUT2D eigenvalue weighted by Crippen LogP contribution is -2.25. The molecule has 0 aliphatic rings. The van der Waals surface area contributed by atoms with E-state index in [-0.39, 0.29) is 5.03 Å². The van der Waals surface area contributed by atoms with Gasteiger partial charge in [0.25, 0.3) is 10.0 Å². The normalized spacial score (nSPS) is 11.9. The highest BCUT2D eigenvalue weighted by atomic mass is 79.9. The second-order valence-electron chi connectivity index (χ2n) is 3.34. The van der Waals surface area contributed by atoms with Crippen molar-refractivity contribution in [3.8, 4) is 0 Å². The largest absolute Gasteiger partial charge is 0.336 e. The molecule has 0 radical (unpaired) electrons. The van der Waals surface area contributed by atoms with Crippen molar-refractivity contribution in [1.29, 1.82) is 0 Å². The summed E-state index contributed by atoms with van der Waals surface area (Å²) in [4.78, 5) is 3.86. The summed E-state index contributed by atoms with van der Waals surface area (Å²) in [5, 5.41) is 0.979. The van der Waals surface area contributed by atoms with Crippen LogP contribution in [0.5, 0.6) is 0 Å². The van der Waals surface area contributed by atoms with Crippen molar-refractivity contribution in [2.45, 2.75) is 31.3 Å². The van der Waals surface area contributed by atoms with Crippen LogP contribution in [0.3, 0.4) is 0 Å². The van der Waals surface area contributed by atoms with Crippen LogP contribution in [0, 0.1) is 0 Å². The van der Waals surface area contributed by atoms with Gasteiger partial charge in [0.2, 0.25) is 0 Å². The number of nitrogens with one attached hydrogen (secondary N) is 1. The molecule has 0 bridgehead atoms. The summed E-state index contributed by atoms with van der Waals surface area (Å²) < 4.78 is 27.7. The van der Waals surface area contributed by atoms with Crippen LogP contribution >= 0.6 is 15.9 Å². The number of unbranched alkanes of at least 4 members (excludes halogenated alkanes) is 1. The van der Waals surface area contributed by atoms with Crippen LogP contribution in [0.15, 0.2) is 17.6 Å². The molecule has 0 saturated carbocycles. The number of imidazole rings is 1. The van der Waals surface area contributed by atoms with Crippen LogP contribution < -0.4 is 4.72 Å². The molecule has 0 spiro atoms. The second-order valence-corrected chi connectivity index (χ2v) is 5.84. The van der Waals surface area contributed by atoms with Crippen molar-refractivity contribution in [3.05, 3.63) is 12.5 Å². The molecule has 1 rings (SSSR count). The summed E-state index contributed by atoms with van der Waals surface area (Å²) >= 11 is 3.29. The Morgan fingerprint density at radius 2 is 2.25 bits per heavy atom. The molecule has 0 fully saturated rings. The number of aromatic nitrogens is 2. The minimum Gasteiger partial charge on any atom is -0.336 e. The van der Waals surface area contributed by atoms with Crippen LogP contribution in [0.2, 0.25) is 0 Å². The molecule has 1 aromatic rings. The van der Waals surface area contributed by atoms with Gasteiger partial charge in [-0.2, -0.15) is 0 Å². The number of nitrogens with zero attached hydrogens (tertiary/aromatic N) is 2. The maximum absolute atomic E-state index is 11.7. The third-order valence-corrected chi connectivity index (χ3v) is 4.01. The summed E-state index contributed by atoms with van der Waals surface area (Å²) in [6.45, 7) is 3.10. The van der Waals surface area contributed by atoms with Gasteiger partial charge in [0.15, 0.2) is 5.03 Å². The number of hydrogen-bond acceptors (Lipinski definition) is 3. The smallest absolute Gasteiger partial charge is 0.259 e. The summed E-state index contributed by atoms with van der Waals surface area (Å²) in [7, 11) is -3.43. The van der Waals surface area contributed by atoms with E-state index in [1.807, 2.05) is 6.92 Å². The minimum absolute atomic E-state index is 0.0909. The first kappa shape index (κ1) is 13.7. The Bertz CT molecular complexity index is 416. The number of sulfonamides is 1. The Labute approximate surface area is 104 Å². The Morgan fingerprint density at radius 3 is 2.81 bits per heavy atom. The van der Waals surface area contributed by atoms with E-state index < -0.39 is 10.0 Å². The Balaban J connectivity index is 2.56. The predicted molar refractivity (Wildman–Crippen MR) is 66.1 cm³/mol. The number of alkyl halides is 1. The number of aryl methyl sites for hydroxylation is 1. The number of hydrogen-bond donors (Lipinski definition) is 1. The molecule has 0 aromatic carbocycles. The van der Waals surface area contributed by atoms with Gasteiger partial charge in [-0.05, 0) is 19.8 Å².